The molecule has 1 fully saturated rings. The molecule has 1 aliphatic heterocycles. The average molecular weight is 432 g/mol. The van der Waals surface area contributed by atoms with E-state index >= 15 is 0 Å². The molecular formula is C21H25N3O5S. The van der Waals surface area contributed by atoms with Crippen molar-refractivity contribution >= 4 is 22.1 Å². The lowest BCUT2D eigenvalue weighted by Gasteiger charge is -2.32. The third kappa shape index (κ3) is 5.05. The van der Waals surface area contributed by atoms with E-state index in [0.717, 1.165) is 11.1 Å². The van der Waals surface area contributed by atoms with Gasteiger partial charge in [-0.3, -0.25) is 4.79 Å². The maximum Gasteiger partial charge on any atom is 0.328 e. The lowest BCUT2D eigenvalue weighted by Crippen LogP contribution is -2.55. The first-order chi connectivity index (χ1) is 14.3. The smallest absolute Gasteiger partial charge is 0.328 e. The van der Waals surface area contributed by atoms with Gasteiger partial charge in [0, 0.05) is 12.5 Å². The van der Waals surface area contributed by atoms with Crippen LogP contribution >= 0.6 is 0 Å². The van der Waals surface area contributed by atoms with Crippen LogP contribution in [0.2, 0.25) is 0 Å². The van der Waals surface area contributed by atoms with Crippen LogP contribution in [0.25, 0.3) is 0 Å². The Morgan fingerprint density at radius 2 is 1.60 bits per heavy atom. The van der Waals surface area contributed by atoms with E-state index in [2.05, 4.69) is 4.72 Å². The van der Waals surface area contributed by atoms with Crippen LogP contribution in [0.15, 0.2) is 60.7 Å². The molecule has 2 aromatic rings. The average Bonchev–Trinajstić information content (AvgIpc) is 3.23. The number of nitrogens with zero attached hydrogens (tertiary/aromatic N) is 1. The number of nitrogens with one attached hydrogen (secondary N) is 1. The molecule has 9 heteroatoms. The number of benzene rings is 2. The van der Waals surface area contributed by atoms with Crippen molar-refractivity contribution in [2.75, 3.05) is 13.7 Å². The summed E-state index contributed by atoms with van der Waals surface area (Å²) in [6.07, 6.45) is 1.08. The molecule has 0 aromatic heterocycles. The first-order valence-corrected chi connectivity index (χ1v) is 11.1. The summed E-state index contributed by atoms with van der Waals surface area (Å²) >= 11 is 0. The number of nitrogens with two attached hydrogens (primary N) is 1. The van der Waals surface area contributed by atoms with Crippen molar-refractivity contribution in [3.05, 3.63) is 71.8 Å². The molecule has 3 rings (SSSR count). The van der Waals surface area contributed by atoms with E-state index < -0.39 is 40.1 Å². The Balaban J connectivity index is 2.08. The van der Waals surface area contributed by atoms with Gasteiger partial charge in [0.05, 0.1) is 7.11 Å². The second kappa shape index (κ2) is 9.38. The minimum atomic E-state index is -4.22. The molecule has 0 bridgehead atoms. The summed E-state index contributed by atoms with van der Waals surface area (Å²) in [7, 11) is -2.95. The number of carbonyl (C=O) groups is 2. The summed E-state index contributed by atoms with van der Waals surface area (Å²) in [5.41, 5.74) is 1.49. The monoisotopic (exact) mass is 431 g/mol. The van der Waals surface area contributed by atoms with Crippen LogP contribution in [0, 0.1) is 0 Å². The molecule has 1 heterocycles. The highest BCUT2D eigenvalue weighted by molar-refractivity contribution is 7.87. The molecule has 0 saturated carbocycles. The molecule has 0 aliphatic carbocycles. The van der Waals surface area contributed by atoms with Crippen LogP contribution in [0.3, 0.4) is 0 Å². The summed E-state index contributed by atoms with van der Waals surface area (Å²) in [5, 5.41) is 5.29. The number of carbonyl (C=O) groups excluding carboxylic acids is 2. The lowest BCUT2D eigenvalue weighted by molar-refractivity contribution is -0.151. The fraction of sp³-hybridized carbons (Fsp3) is 0.333. The molecular weight excluding hydrogens is 406 g/mol. The fourth-order valence-electron chi connectivity index (χ4n) is 3.93. The number of hydrogen-bond acceptors (Lipinski definition) is 5. The molecule has 160 valence electrons. The van der Waals surface area contributed by atoms with Gasteiger partial charge in [-0.15, -0.1) is 0 Å². The summed E-state index contributed by atoms with van der Waals surface area (Å²) in [6.45, 7) is 0.331. The molecule has 30 heavy (non-hydrogen) atoms. The summed E-state index contributed by atoms with van der Waals surface area (Å²) in [4.78, 5) is 27.1. The van der Waals surface area contributed by atoms with Crippen LogP contribution in [-0.2, 0) is 24.5 Å². The zero-order chi connectivity index (χ0) is 21.7. The van der Waals surface area contributed by atoms with E-state index in [1.54, 1.807) is 0 Å². The lowest BCUT2D eigenvalue weighted by atomic mass is 9.84. The topological polar surface area (TPSA) is 119 Å². The minimum absolute atomic E-state index is 0.331. The molecule has 1 saturated heterocycles. The van der Waals surface area contributed by atoms with Gasteiger partial charge in [-0.2, -0.15) is 13.1 Å². The van der Waals surface area contributed by atoms with Crippen LogP contribution < -0.4 is 9.86 Å². The van der Waals surface area contributed by atoms with E-state index in [1.807, 2.05) is 60.7 Å². The second-order valence-electron chi connectivity index (χ2n) is 7.15. The number of rotatable bonds is 7. The largest absolute Gasteiger partial charge is 0.467 e. The zero-order valence-electron chi connectivity index (χ0n) is 16.6. The highest BCUT2D eigenvalue weighted by atomic mass is 32.2. The zero-order valence-corrected chi connectivity index (χ0v) is 17.4. The third-order valence-electron chi connectivity index (χ3n) is 5.22. The minimum Gasteiger partial charge on any atom is -0.467 e. The number of esters is 1. The summed E-state index contributed by atoms with van der Waals surface area (Å²) in [5.74, 6) is -1.68. The van der Waals surface area contributed by atoms with Gasteiger partial charge in [-0.25, -0.2) is 9.93 Å². The van der Waals surface area contributed by atoms with E-state index in [4.69, 9.17) is 9.88 Å². The summed E-state index contributed by atoms with van der Waals surface area (Å²) < 4.78 is 31.2. The van der Waals surface area contributed by atoms with E-state index in [-0.39, 0.29) is 0 Å². The highest BCUT2D eigenvalue weighted by Gasteiger charge is 2.42. The van der Waals surface area contributed by atoms with Crippen LogP contribution in [0.4, 0.5) is 0 Å². The highest BCUT2D eigenvalue weighted by Crippen LogP contribution is 2.31. The summed E-state index contributed by atoms with van der Waals surface area (Å²) in [6, 6.07) is 16.3. The van der Waals surface area contributed by atoms with Gasteiger partial charge in [-0.1, -0.05) is 60.7 Å². The van der Waals surface area contributed by atoms with E-state index in [9.17, 15) is 18.0 Å². The molecule has 0 radical (unpaired) electrons. The number of likely N-dealkylation sites (tertiary alicyclic amines) is 1. The normalized spacial score (nSPS) is 17.7. The molecule has 2 aromatic carbocycles. The van der Waals surface area contributed by atoms with Crippen molar-refractivity contribution < 1.29 is 22.7 Å². The third-order valence-corrected chi connectivity index (χ3v) is 5.80. The first kappa shape index (κ1) is 21.9. The number of methoxy groups -OCH3 is 1. The Hall–Kier alpha value is -2.75. The van der Waals surface area contributed by atoms with Crippen molar-refractivity contribution in [1.29, 1.82) is 0 Å². The molecule has 0 spiro atoms. The molecule has 1 amide bonds. The van der Waals surface area contributed by atoms with Gasteiger partial charge >= 0.3 is 5.97 Å². The molecule has 0 unspecified atom stereocenters. The van der Waals surface area contributed by atoms with Gasteiger partial charge in [0.1, 0.15) is 12.1 Å². The predicted octanol–water partition coefficient (Wildman–Crippen LogP) is 1.14. The van der Waals surface area contributed by atoms with Gasteiger partial charge in [0.15, 0.2) is 0 Å². The standard InChI is InChI=1S/C21H25N3O5S/c1-29-21(26)17-13-8-14-24(17)20(25)19(23-30(22,27)28)18(15-9-4-2-5-10-15)16-11-6-3-7-12-16/h2-7,9-12,17-19,23H,8,13-14H2,1H3,(H2,22,27,28)/t17-,19+/m0/s1. The Morgan fingerprint density at radius 1 is 1.07 bits per heavy atom. The van der Waals surface area contributed by atoms with Crippen LogP contribution in [0.5, 0.6) is 0 Å². The number of amides is 1. The van der Waals surface area contributed by atoms with E-state index in [0.29, 0.717) is 19.4 Å². The first-order valence-electron chi connectivity index (χ1n) is 9.60. The number of hydrogen-bond donors (Lipinski definition) is 2. The van der Waals surface area contributed by atoms with Crippen molar-refractivity contribution in [3.63, 3.8) is 0 Å². The maximum atomic E-state index is 13.6. The quantitative estimate of drug-likeness (QED) is 0.638. The Kier molecular flexibility index (Phi) is 6.86. The molecule has 2 atom stereocenters. The van der Waals surface area contributed by atoms with Gasteiger partial charge in [0.25, 0.3) is 10.2 Å². The van der Waals surface area contributed by atoms with Crippen molar-refractivity contribution in [3.8, 4) is 0 Å². The van der Waals surface area contributed by atoms with Crippen molar-refractivity contribution in [2.45, 2.75) is 30.8 Å². The van der Waals surface area contributed by atoms with E-state index in [1.165, 1.54) is 12.0 Å². The maximum absolute atomic E-state index is 13.6. The number of ether oxygens (including phenoxy) is 1. The second-order valence-corrected chi connectivity index (χ2v) is 8.48. The van der Waals surface area contributed by atoms with Crippen LogP contribution in [0.1, 0.15) is 29.9 Å². The van der Waals surface area contributed by atoms with Crippen molar-refractivity contribution in [2.24, 2.45) is 5.14 Å². The molecule has 8 nitrogen and oxygen atoms in total. The predicted molar refractivity (Wildman–Crippen MR) is 112 cm³/mol. The van der Waals surface area contributed by atoms with Gasteiger partial charge in [-0.05, 0) is 24.0 Å². The molecule has 3 N–H and O–H groups in total. The molecule has 1 aliphatic rings. The Bertz CT molecular complexity index is 943. The SMILES string of the molecule is COC(=O)[C@@H]1CCCN1C(=O)[C@H](NS(N)(=O)=O)C(c1ccccc1)c1ccccc1. The van der Waals surface area contributed by atoms with Crippen LogP contribution in [-0.4, -0.2) is 50.9 Å². The van der Waals surface area contributed by atoms with Gasteiger partial charge in [0.2, 0.25) is 5.91 Å². The Labute approximate surface area is 176 Å². The van der Waals surface area contributed by atoms with Crippen molar-refractivity contribution in [1.82, 2.24) is 9.62 Å². The fourth-order valence-corrected chi connectivity index (χ4v) is 4.52. The Morgan fingerprint density at radius 3 is 2.07 bits per heavy atom. The van der Waals surface area contributed by atoms with Gasteiger partial charge < -0.3 is 9.64 Å².